The Labute approximate surface area is 164 Å². The molecule has 1 aromatic carbocycles. The molecule has 1 amide bonds. The summed E-state index contributed by atoms with van der Waals surface area (Å²) in [5, 5.41) is 8.77. The maximum Gasteiger partial charge on any atom is 0.387 e. The van der Waals surface area contributed by atoms with Crippen molar-refractivity contribution >= 4 is 11.9 Å². The third-order valence-corrected chi connectivity index (χ3v) is 3.25. The van der Waals surface area contributed by atoms with E-state index in [1.807, 2.05) is 27.7 Å². The zero-order valence-corrected chi connectivity index (χ0v) is 17.1. The van der Waals surface area contributed by atoms with Gasteiger partial charge in [0.2, 0.25) is 5.91 Å². The summed E-state index contributed by atoms with van der Waals surface area (Å²) in [7, 11) is 0. The standard InChI is InChI=1S/C19H30F2N4O3/c1-6-22-18(24-12-15(26)25-19(3,4)5)23-11-13-9-8-10-14(27-7-2)16(13)28-17(20)21/h8-10,17H,6-7,11-12H2,1-5H3,(H,25,26)(H2,22,23,24). The molecule has 3 N–H and O–H groups in total. The Balaban J connectivity index is 2.91. The van der Waals surface area contributed by atoms with Gasteiger partial charge in [0.15, 0.2) is 17.5 Å². The second kappa shape index (κ2) is 11.3. The number of alkyl halides is 2. The van der Waals surface area contributed by atoms with Crippen molar-refractivity contribution < 1.29 is 23.0 Å². The smallest absolute Gasteiger partial charge is 0.387 e. The molecule has 0 heterocycles. The molecule has 0 aliphatic carbocycles. The van der Waals surface area contributed by atoms with Crippen molar-refractivity contribution in [3.05, 3.63) is 23.8 Å². The minimum atomic E-state index is -2.98. The van der Waals surface area contributed by atoms with Gasteiger partial charge in [-0.1, -0.05) is 12.1 Å². The van der Waals surface area contributed by atoms with E-state index in [2.05, 4.69) is 25.7 Å². The second-order valence-electron chi connectivity index (χ2n) is 6.90. The first kappa shape index (κ1) is 23.5. The number of rotatable bonds is 9. The van der Waals surface area contributed by atoms with E-state index in [1.165, 1.54) is 0 Å². The van der Waals surface area contributed by atoms with Crippen LogP contribution in [0.15, 0.2) is 23.2 Å². The molecular formula is C19H30F2N4O3. The fourth-order valence-electron chi connectivity index (χ4n) is 2.31. The van der Waals surface area contributed by atoms with Crippen LogP contribution in [0.4, 0.5) is 8.78 Å². The summed E-state index contributed by atoms with van der Waals surface area (Å²) in [5.74, 6) is 0.400. The van der Waals surface area contributed by atoms with Crippen LogP contribution in [0.25, 0.3) is 0 Å². The average Bonchev–Trinajstić information content (AvgIpc) is 2.58. The third-order valence-electron chi connectivity index (χ3n) is 3.25. The van der Waals surface area contributed by atoms with Gasteiger partial charge < -0.3 is 25.4 Å². The highest BCUT2D eigenvalue weighted by Crippen LogP contribution is 2.33. The van der Waals surface area contributed by atoms with Crippen LogP contribution in [0.3, 0.4) is 0 Å². The molecule has 0 radical (unpaired) electrons. The molecule has 0 saturated heterocycles. The summed E-state index contributed by atoms with van der Waals surface area (Å²) in [6.45, 7) is 7.32. The van der Waals surface area contributed by atoms with Crippen LogP contribution in [-0.2, 0) is 11.3 Å². The van der Waals surface area contributed by atoms with E-state index in [0.717, 1.165) is 0 Å². The van der Waals surface area contributed by atoms with Gasteiger partial charge >= 0.3 is 6.61 Å². The van der Waals surface area contributed by atoms with Crippen LogP contribution in [0.2, 0.25) is 0 Å². The van der Waals surface area contributed by atoms with E-state index in [4.69, 9.17) is 4.74 Å². The lowest BCUT2D eigenvalue weighted by Gasteiger charge is -2.21. The first-order valence-electron chi connectivity index (χ1n) is 9.19. The van der Waals surface area contributed by atoms with Crippen molar-refractivity contribution in [1.29, 1.82) is 0 Å². The maximum absolute atomic E-state index is 12.8. The fourth-order valence-corrected chi connectivity index (χ4v) is 2.31. The molecule has 0 spiro atoms. The first-order valence-corrected chi connectivity index (χ1v) is 9.19. The lowest BCUT2D eigenvalue weighted by atomic mass is 10.1. The minimum absolute atomic E-state index is 0.0302. The van der Waals surface area contributed by atoms with Crippen molar-refractivity contribution in [3.63, 3.8) is 0 Å². The van der Waals surface area contributed by atoms with Gasteiger partial charge in [0, 0.05) is 17.6 Å². The van der Waals surface area contributed by atoms with E-state index in [9.17, 15) is 13.6 Å². The molecule has 0 atom stereocenters. The van der Waals surface area contributed by atoms with Gasteiger partial charge in [0.25, 0.3) is 0 Å². The number of nitrogens with one attached hydrogen (secondary N) is 3. The molecule has 0 fully saturated rings. The highest BCUT2D eigenvalue weighted by molar-refractivity contribution is 5.86. The van der Waals surface area contributed by atoms with Crippen molar-refractivity contribution in [3.8, 4) is 11.5 Å². The topological polar surface area (TPSA) is 84.0 Å². The number of carbonyl (C=O) groups is 1. The van der Waals surface area contributed by atoms with Gasteiger partial charge in [-0.2, -0.15) is 8.78 Å². The summed E-state index contributed by atoms with van der Waals surface area (Å²) in [4.78, 5) is 16.3. The number of para-hydroxylation sites is 1. The Bertz CT molecular complexity index is 661. The van der Waals surface area contributed by atoms with Crippen LogP contribution < -0.4 is 25.4 Å². The number of amides is 1. The number of aliphatic imine (C=N–C) groups is 1. The van der Waals surface area contributed by atoms with Crippen LogP contribution in [0.1, 0.15) is 40.2 Å². The quantitative estimate of drug-likeness (QED) is 0.438. The normalized spacial score (nSPS) is 11.9. The maximum atomic E-state index is 12.8. The van der Waals surface area contributed by atoms with Gasteiger partial charge in [-0.25, -0.2) is 4.99 Å². The largest absolute Gasteiger partial charge is 0.490 e. The van der Waals surface area contributed by atoms with Crippen LogP contribution in [0, 0.1) is 0 Å². The summed E-state index contributed by atoms with van der Waals surface area (Å²) in [6.07, 6.45) is 0. The predicted octanol–water partition coefficient (Wildman–Crippen LogP) is 2.66. The molecule has 158 valence electrons. The third kappa shape index (κ3) is 8.88. The summed E-state index contributed by atoms with van der Waals surface area (Å²) in [5.41, 5.74) is 0.109. The Kier molecular flexibility index (Phi) is 9.47. The molecule has 9 heteroatoms. The van der Waals surface area contributed by atoms with Crippen LogP contribution in [0.5, 0.6) is 11.5 Å². The lowest BCUT2D eigenvalue weighted by molar-refractivity contribution is -0.121. The molecule has 28 heavy (non-hydrogen) atoms. The summed E-state index contributed by atoms with van der Waals surface area (Å²) >= 11 is 0. The zero-order valence-electron chi connectivity index (χ0n) is 17.1. The number of halogens is 2. The molecule has 0 aliphatic heterocycles. The van der Waals surface area contributed by atoms with E-state index < -0.39 is 6.61 Å². The van der Waals surface area contributed by atoms with Crippen molar-refractivity contribution in [2.24, 2.45) is 4.99 Å². The Morgan fingerprint density at radius 3 is 2.50 bits per heavy atom. The average molecular weight is 400 g/mol. The highest BCUT2D eigenvalue weighted by atomic mass is 19.3. The molecule has 1 aromatic rings. The molecule has 1 rings (SSSR count). The number of guanidine groups is 1. The Morgan fingerprint density at radius 2 is 1.93 bits per heavy atom. The molecule has 7 nitrogen and oxygen atoms in total. The van der Waals surface area contributed by atoms with Crippen LogP contribution in [-0.4, -0.2) is 43.7 Å². The number of ether oxygens (including phenoxy) is 2. The fraction of sp³-hybridized carbons (Fsp3) is 0.579. The summed E-state index contributed by atoms with van der Waals surface area (Å²) in [6, 6.07) is 4.89. The van der Waals surface area contributed by atoms with E-state index >= 15 is 0 Å². The minimum Gasteiger partial charge on any atom is -0.490 e. The van der Waals surface area contributed by atoms with Gasteiger partial charge in [-0.3, -0.25) is 4.79 Å². The lowest BCUT2D eigenvalue weighted by Crippen LogP contribution is -2.48. The summed E-state index contributed by atoms with van der Waals surface area (Å²) < 4.78 is 35.6. The van der Waals surface area contributed by atoms with Gasteiger partial charge in [0.1, 0.15) is 0 Å². The molecule has 0 saturated carbocycles. The number of nitrogens with zero attached hydrogens (tertiary/aromatic N) is 1. The van der Waals surface area contributed by atoms with E-state index in [0.29, 0.717) is 24.7 Å². The Hall–Kier alpha value is -2.58. The number of hydrogen-bond donors (Lipinski definition) is 3. The molecule has 0 bridgehead atoms. The molecule has 0 aliphatic rings. The van der Waals surface area contributed by atoms with Gasteiger partial charge in [-0.05, 0) is 40.7 Å². The van der Waals surface area contributed by atoms with Crippen molar-refractivity contribution in [2.45, 2.75) is 53.3 Å². The predicted molar refractivity (Wildman–Crippen MR) is 105 cm³/mol. The molecular weight excluding hydrogens is 370 g/mol. The van der Waals surface area contributed by atoms with E-state index in [-0.39, 0.29) is 36.0 Å². The van der Waals surface area contributed by atoms with Gasteiger partial charge in [0.05, 0.1) is 19.7 Å². The highest BCUT2D eigenvalue weighted by Gasteiger charge is 2.16. The van der Waals surface area contributed by atoms with Crippen molar-refractivity contribution in [2.75, 3.05) is 19.7 Å². The molecule has 0 unspecified atom stereocenters. The Morgan fingerprint density at radius 1 is 1.21 bits per heavy atom. The number of benzene rings is 1. The van der Waals surface area contributed by atoms with Gasteiger partial charge in [-0.15, -0.1) is 0 Å². The SMILES string of the molecule is CCNC(=NCc1cccc(OCC)c1OC(F)F)NCC(=O)NC(C)(C)C. The zero-order chi connectivity index (χ0) is 21.2. The second-order valence-corrected chi connectivity index (χ2v) is 6.90. The van der Waals surface area contributed by atoms with Crippen LogP contribution >= 0.6 is 0 Å². The van der Waals surface area contributed by atoms with Crippen molar-refractivity contribution in [1.82, 2.24) is 16.0 Å². The molecule has 0 aromatic heterocycles. The first-order chi connectivity index (χ1) is 13.2. The van der Waals surface area contributed by atoms with E-state index in [1.54, 1.807) is 25.1 Å². The number of carbonyl (C=O) groups excluding carboxylic acids is 1. The number of hydrogen-bond acceptors (Lipinski definition) is 4. The monoisotopic (exact) mass is 400 g/mol.